The summed E-state index contributed by atoms with van der Waals surface area (Å²) in [6, 6.07) is 8.82. The molecule has 1 aliphatic rings. The first-order valence-corrected chi connectivity index (χ1v) is 11.2. The highest BCUT2D eigenvalue weighted by Crippen LogP contribution is 2.51. The van der Waals surface area contributed by atoms with Gasteiger partial charge in [-0.05, 0) is 69.6 Å². The molecule has 0 unspecified atom stereocenters. The number of carbonyl (C=O) groups excluding carboxylic acids is 1. The van der Waals surface area contributed by atoms with Gasteiger partial charge in [0.05, 0.1) is 13.2 Å². The number of hydrogen-bond donors (Lipinski definition) is 0. The van der Waals surface area contributed by atoms with Crippen LogP contribution in [-0.4, -0.2) is 19.2 Å². The van der Waals surface area contributed by atoms with Crippen LogP contribution in [0.1, 0.15) is 60.3 Å². The Morgan fingerprint density at radius 2 is 1.94 bits per heavy atom. The van der Waals surface area contributed by atoms with E-state index in [1.54, 1.807) is 12.1 Å². The van der Waals surface area contributed by atoms with Gasteiger partial charge >= 0.3 is 11.6 Å². The van der Waals surface area contributed by atoms with Crippen molar-refractivity contribution in [2.24, 2.45) is 17.3 Å². The average molecular weight is 427 g/mol. The highest BCUT2D eigenvalue weighted by atomic mass is 16.5. The number of allylic oxidation sites excluding steroid dienone is 2. The summed E-state index contributed by atoms with van der Waals surface area (Å²) in [5, 5.41) is 0.874. The van der Waals surface area contributed by atoms with E-state index in [1.807, 2.05) is 12.1 Å². The van der Waals surface area contributed by atoms with Crippen LogP contribution in [0.15, 0.2) is 50.7 Å². The van der Waals surface area contributed by atoms with E-state index >= 15 is 0 Å². The van der Waals surface area contributed by atoms with Gasteiger partial charge in [-0.25, -0.2) is 4.79 Å². The van der Waals surface area contributed by atoms with E-state index in [0.717, 1.165) is 31.1 Å². The number of fused-ring (bicyclic) bond motifs is 1. The SMILES string of the molecule is CC(=O)OCCC[C@H]1C(=C(C)C)CC[C@H](C)[C@]1(C)COc1ccc2ccc(=O)oc2c1. The normalized spacial score (nSPS) is 23.6. The first-order chi connectivity index (χ1) is 14.7. The Bertz CT molecular complexity index is 1010. The van der Waals surface area contributed by atoms with Crippen molar-refractivity contribution in [1.82, 2.24) is 0 Å². The van der Waals surface area contributed by atoms with E-state index in [2.05, 4.69) is 27.7 Å². The Kier molecular flexibility index (Phi) is 7.24. The summed E-state index contributed by atoms with van der Waals surface area (Å²) in [5.74, 6) is 1.34. The minimum Gasteiger partial charge on any atom is -0.493 e. The van der Waals surface area contributed by atoms with Crippen molar-refractivity contribution in [3.05, 3.63) is 51.9 Å². The molecule has 0 amide bonds. The molecule has 1 fully saturated rings. The zero-order valence-corrected chi connectivity index (χ0v) is 19.3. The molecule has 168 valence electrons. The maximum Gasteiger partial charge on any atom is 0.336 e. The van der Waals surface area contributed by atoms with Crippen LogP contribution < -0.4 is 10.4 Å². The van der Waals surface area contributed by atoms with Gasteiger partial charge in [0.15, 0.2) is 0 Å². The van der Waals surface area contributed by atoms with Crippen LogP contribution in [-0.2, 0) is 9.53 Å². The van der Waals surface area contributed by atoms with Gasteiger partial charge in [0.2, 0.25) is 0 Å². The number of esters is 1. The maximum atomic E-state index is 11.6. The predicted octanol–water partition coefficient (Wildman–Crippen LogP) is 5.90. The summed E-state index contributed by atoms with van der Waals surface area (Å²) >= 11 is 0. The lowest BCUT2D eigenvalue weighted by Crippen LogP contribution is -2.44. The molecule has 1 saturated carbocycles. The quantitative estimate of drug-likeness (QED) is 0.238. The van der Waals surface area contributed by atoms with Crippen molar-refractivity contribution in [2.45, 2.75) is 60.3 Å². The molecular formula is C26H34O5. The van der Waals surface area contributed by atoms with Crippen molar-refractivity contribution in [3.8, 4) is 5.75 Å². The zero-order valence-electron chi connectivity index (χ0n) is 19.3. The second-order valence-corrected chi connectivity index (χ2v) is 9.25. The largest absolute Gasteiger partial charge is 0.493 e. The van der Waals surface area contributed by atoms with Crippen LogP contribution in [0.3, 0.4) is 0 Å². The number of ether oxygens (including phenoxy) is 2. The predicted molar refractivity (Wildman–Crippen MR) is 122 cm³/mol. The average Bonchev–Trinajstić information content (AvgIpc) is 2.72. The summed E-state index contributed by atoms with van der Waals surface area (Å²) in [7, 11) is 0. The molecule has 0 aliphatic heterocycles. The van der Waals surface area contributed by atoms with E-state index in [4.69, 9.17) is 13.9 Å². The molecule has 3 atom stereocenters. The molecule has 1 aromatic heterocycles. The van der Waals surface area contributed by atoms with Crippen LogP contribution >= 0.6 is 0 Å². The van der Waals surface area contributed by atoms with Crippen molar-refractivity contribution in [3.63, 3.8) is 0 Å². The van der Waals surface area contributed by atoms with Gasteiger partial charge in [0.1, 0.15) is 11.3 Å². The number of hydrogen-bond acceptors (Lipinski definition) is 5. The fourth-order valence-electron chi connectivity index (χ4n) is 4.84. The fourth-order valence-corrected chi connectivity index (χ4v) is 4.84. The summed E-state index contributed by atoms with van der Waals surface area (Å²) in [4.78, 5) is 22.7. The summed E-state index contributed by atoms with van der Waals surface area (Å²) < 4.78 is 16.8. The van der Waals surface area contributed by atoms with Crippen LogP contribution in [0.4, 0.5) is 0 Å². The van der Waals surface area contributed by atoms with Gasteiger partial charge in [0, 0.05) is 29.9 Å². The van der Waals surface area contributed by atoms with Crippen LogP contribution in [0.2, 0.25) is 0 Å². The molecule has 1 aromatic carbocycles. The highest BCUT2D eigenvalue weighted by Gasteiger charge is 2.44. The van der Waals surface area contributed by atoms with E-state index in [9.17, 15) is 9.59 Å². The summed E-state index contributed by atoms with van der Waals surface area (Å²) in [5.41, 5.74) is 3.01. The highest BCUT2D eigenvalue weighted by molar-refractivity contribution is 5.77. The number of carbonyl (C=O) groups is 1. The van der Waals surface area contributed by atoms with Gasteiger partial charge in [-0.1, -0.05) is 25.0 Å². The Labute approximate surface area is 184 Å². The molecule has 5 heteroatoms. The molecule has 0 bridgehead atoms. The lowest BCUT2D eigenvalue weighted by atomic mass is 9.58. The minimum atomic E-state index is -0.362. The Morgan fingerprint density at radius 1 is 1.19 bits per heavy atom. The molecule has 2 aromatic rings. The molecular weight excluding hydrogens is 392 g/mol. The van der Waals surface area contributed by atoms with Crippen molar-refractivity contribution in [2.75, 3.05) is 13.2 Å². The molecule has 0 spiro atoms. The van der Waals surface area contributed by atoms with Crippen LogP contribution in [0.5, 0.6) is 5.75 Å². The topological polar surface area (TPSA) is 65.7 Å². The van der Waals surface area contributed by atoms with E-state index < -0.39 is 0 Å². The molecule has 5 nitrogen and oxygen atoms in total. The second kappa shape index (κ2) is 9.71. The van der Waals surface area contributed by atoms with Crippen molar-refractivity contribution >= 4 is 16.9 Å². The number of rotatable bonds is 7. The second-order valence-electron chi connectivity index (χ2n) is 9.25. The van der Waals surface area contributed by atoms with Crippen LogP contribution in [0, 0.1) is 17.3 Å². The smallest absolute Gasteiger partial charge is 0.336 e. The van der Waals surface area contributed by atoms with E-state index in [-0.39, 0.29) is 17.0 Å². The Hall–Kier alpha value is -2.56. The van der Waals surface area contributed by atoms with Gasteiger partial charge in [-0.2, -0.15) is 0 Å². The monoisotopic (exact) mass is 426 g/mol. The number of benzene rings is 1. The molecule has 3 rings (SSSR count). The molecule has 0 N–H and O–H groups in total. The van der Waals surface area contributed by atoms with Crippen molar-refractivity contribution < 1.29 is 18.7 Å². The zero-order chi connectivity index (χ0) is 22.6. The van der Waals surface area contributed by atoms with Gasteiger partial charge in [0.25, 0.3) is 0 Å². The summed E-state index contributed by atoms with van der Waals surface area (Å²) in [6.45, 7) is 11.5. The van der Waals surface area contributed by atoms with Gasteiger partial charge < -0.3 is 13.9 Å². The third kappa shape index (κ3) is 5.38. The molecule has 1 heterocycles. The minimum absolute atomic E-state index is 0.0481. The lowest BCUT2D eigenvalue weighted by Gasteiger charge is -2.48. The van der Waals surface area contributed by atoms with E-state index in [0.29, 0.717) is 36.4 Å². The first-order valence-electron chi connectivity index (χ1n) is 11.2. The first kappa shape index (κ1) is 23.1. The van der Waals surface area contributed by atoms with Gasteiger partial charge in [-0.15, -0.1) is 0 Å². The maximum absolute atomic E-state index is 11.6. The van der Waals surface area contributed by atoms with E-state index in [1.165, 1.54) is 24.1 Å². The third-order valence-electron chi connectivity index (χ3n) is 6.92. The molecule has 31 heavy (non-hydrogen) atoms. The van der Waals surface area contributed by atoms with Crippen molar-refractivity contribution in [1.29, 1.82) is 0 Å². The Balaban J connectivity index is 1.81. The molecule has 0 saturated heterocycles. The Morgan fingerprint density at radius 3 is 2.65 bits per heavy atom. The third-order valence-corrected chi connectivity index (χ3v) is 6.92. The lowest BCUT2D eigenvalue weighted by molar-refractivity contribution is -0.141. The standard InChI is InChI=1S/C26H34O5/c1-17(2)22-12-8-18(3)26(5,23(22)7-6-14-29-19(4)27)16-30-21-11-9-20-10-13-25(28)31-24(20)15-21/h9-11,13,15,18,23H,6-8,12,14,16H2,1-5H3/t18-,23-,26-/m0/s1. The molecule has 1 aliphatic carbocycles. The van der Waals surface area contributed by atoms with Gasteiger partial charge in [-0.3, -0.25) is 4.79 Å². The summed E-state index contributed by atoms with van der Waals surface area (Å²) in [6.07, 6.45) is 4.04. The molecule has 0 radical (unpaired) electrons. The van der Waals surface area contributed by atoms with Crippen LogP contribution in [0.25, 0.3) is 11.0 Å². The fraction of sp³-hybridized carbons (Fsp3) is 0.538.